The second-order valence-electron chi connectivity index (χ2n) is 6.81. The third-order valence-electron chi connectivity index (χ3n) is 5.00. The lowest BCUT2D eigenvalue weighted by molar-refractivity contribution is -0.133. The molecule has 0 radical (unpaired) electrons. The molecule has 3 rings (SSSR count). The van der Waals surface area contributed by atoms with Gasteiger partial charge in [-0.15, -0.1) is 11.3 Å². The van der Waals surface area contributed by atoms with E-state index < -0.39 is 0 Å². The molecule has 25 heavy (non-hydrogen) atoms. The van der Waals surface area contributed by atoms with E-state index in [0.29, 0.717) is 23.5 Å². The number of nitrogens with two attached hydrogens (primary N) is 1. The summed E-state index contributed by atoms with van der Waals surface area (Å²) in [6.45, 7) is 5.55. The van der Waals surface area contributed by atoms with Gasteiger partial charge in [-0.3, -0.25) is 9.59 Å². The molecule has 0 saturated carbocycles. The van der Waals surface area contributed by atoms with Gasteiger partial charge in [-0.05, 0) is 25.0 Å². The molecule has 1 saturated heterocycles. The predicted molar refractivity (Wildman–Crippen MR) is 101 cm³/mol. The zero-order valence-corrected chi connectivity index (χ0v) is 15.7. The SMILES string of the molecule is CCC(=O)N1CCC[C@@](C)(c2ccc3c(N)c(C(=O)NC)sc3n2)C1. The average Bonchev–Trinajstić information content (AvgIpc) is 2.96. The first-order valence-corrected chi connectivity index (χ1v) is 9.40. The summed E-state index contributed by atoms with van der Waals surface area (Å²) >= 11 is 1.32. The minimum atomic E-state index is -0.189. The topological polar surface area (TPSA) is 88.3 Å². The number of rotatable bonds is 3. The second kappa shape index (κ2) is 6.63. The van der Waals surface area contributed by atoms with Crippen LogP contribution in [0, 0.1) is 0 Å². The van der Waals surface area contributed by atoms with Crippen LogP contribution in [0.25, 0.3) is 10.2 Å². The summed E-state index contributed by atoms with van der Waals surface area (Å²) in [6, 6.07) is 3.93. The first kappa shape index (κ1) is 17.7. The van der Waals surface area contributed by atoms with Crippen LogP contribution in [-0.4, -0.2) is 41.8 Å². The number of amides is 2. The summed E-state index contributed by atoms with van der Waals surface area (Å²) in [7, 11) is 1.59. The molecule has 1 aliphatic heterocycles. The van der Waals surface area contributed by atoms with E-state index in [4.69, 9.17) is 10.7 Å². The number of nitrogens with one attached hydrogen (secondary N) is 1. The molecule has 0 spiro atoms. The highest BCUT2D eigenvalue weighted by Gasteiger charge is 2.35. The number of fused-ring (bicyclic) bond motifs is 1. The Hall–Kier alpha value is -2.15. The Morgan fingerprint density at radius 1 is 1.44 bits per heavy atom. The molecule has 2 aromatic rings. The van der Waals surface area contributed by atoms with Gasteiger partial charge in [0.15, 0.2) is 0 Å². The fourth-order valence-corrected chi connectivity index (χ4v) is 4.54. The molecule has 0 unspecified atom stereocenters. The lowest BCUT2D eigenvalue weighted by Crippen LogP contribution is -2.47. The highest BCUT2D eigenvalue weighted by Crippen LogP contribution is 2.37. The summed E-state index contributed by atoms with van der Waals surface area (Å²) < 4.78 is 0. The van der Waals surface area contributed by atoms with Crippen molar-refractivity contribution in [2.24, 2.45) is 0 Å². The summed E-state index contributed by atoms with van der Waals surface area (Å²) in [4.78, 5) is 32.1. The Balaban J connectivity index is 1.98. The van der Waals surface area contributed by atoms with Gasteiger partial charge in [0.25, 0.3) is 5.91 Å². The molecule has 2 amide bonds. The van der Waals surface area contributed by atoms with Gasteiger partial charge in [0.2, 0.25) is 5.91 Å². The van der Waals surface area contributed by atoms with Crippen molar-refractivity contribution in [3.8, 4) is 0 Å². The molecule has 6 nitrogen and oxygen atoms in total. The van der Waals surface area contributed by atoms with Crippen LogP contribution < -0.4 is 11.1 Å². The molecular formula is C18H24N4O2S. The Morgan fingerprint density at radius 3 is 2.88 bits per heavy atom. The highest BCUT2D eigenvalue weighted by molar-refractivity contribution is 7.21. The number of hydrogen-bond acceptors (Lipinski definition) is 5. The molecule has 0 aliphatic carbocycles. The zero-order valence-electron chi connectivity index (χ0n) is 14.9. The van der Waals surface area contributed by atoms with Crippen molar-refractivity contribution in [1.29, 1.82) is 0 Å². The van der Waals surface area contributed by atoms with Crippen molar-refractivity contribution in [3.63, 3.8) is 0 Å². The number of likely N-dealkylation sites (tertiary alicyclic amines) is 1. The van der Waals surface area contributed by atoms with Crippen LogP contribution in [0.15, 0.2) is 12.1 Å². The van der Waals surface area contributed by atoms with Crippen LogP contribution in [0.4, 0.5) is 5.69 Å². The van der Waals surface area contributed by atoms with Crippen LogP contribution in [0.5, 0.6) is 0 Å². The molecule has 7 heteroatoms. The van der Waals surface area contributed by atoms with Crippen LogP contribution in [-0.2, 0) is 10.2 Å². The maximum atomic E-state index is 12.1. The highest BCUT2D eigenvalue weighted by atomic mass is 32.1. The van der Waals surface area contributed by atoms with Crippen molar-refractivity contribution in [2.45, 2.75) is 38.5 Å². The van der Waals surface area contributed by atoms with E-state index in [1.807, 2.05) is 24.0 Å². The molecule has 1 fully saturated rings. The van der Waals surface area contributed by atoms with Crippen LogP contribution in [0.2, 0.25) is 0 Å². The second-order valence-corrected chi connectivity index (χ2v) is 7.81. The molecule has 134 valence electrons. The van der Waals surface area contributed by atoms with Crippen molar-refractivity contribution in [3.05, 3.63) is 22.7 Å². The first-order chi connectivity index (χ1) is 11.9. The molecule has 0 bridgehead atoms. The number of carbonyl (C=O) groups is 2. The maximum Gasteiger partial charge on any atom is 0.263 e. The number of pyridine rings is 1. The number of nitrogens with zero attached hydrogens (tertiary/aromatic N) is 2. The molecule has 1 atom stereocenters. The van der Waals surface area contributed by atoms with Gasteiger partial charge < -0.3 is 16.0 Å². The minimum Gasteiger partial charge on any atom is -0.397 e. The minimum absolute atomic E-state index is 0.177. The normalized spacial score (nSPS) is 20.7. The average molecular weight is 360 g/mol. The van der Waals surface area contributed by atoms with E-state index >= 15 is 0 Å². The van der Waals surface area contributed by atoms with Gasteiger partial charge in [-0.25, -0.2) is 4.98 Å². The van der Waals surface area contributed by atoms with Gasteiger partial charge in [-0.1, -0.05) is 13.8 Å². The Labute approximate surface area is 151 Å². The quantitative estimate of drug-likeness (QED) is 0.880. The lowest BCUT2D eigenvalue weighted by Gasteiger charge is -2.40. The lowest BCUT2D eigenvalue weighted by atomic mass is 9.78. The summed E-state index contributed by atoms with van der Waals surface area (Å²) in [5.41, 5.74) is 7.37. The monoisotopic (exact) mass is 360 g/mol. The maximum absolute atomic E-state index is 12.1. The number of nitrogen functional groups attached to an aromatic ring is 1. The van der Waals surface area contributed by atoms with Crippen molar-refractivity contribution < 1.29 is 9.59 Å². The number of hydrogen-bond donors (Lipinski definition) is 2. The van der Waals surface area contributed by atoms with Gasteiger partial charge in [0.1, 0.15) is 9.71 Å². The Bertz CT molecular complexity index is 832. The molecule has 3 N–H and O–H groups in total. The van der Waals surface area contributed by atoms with E-state index in [0.717, 1.165) is 35.3 Å². The van der Waals surface area contributed by atoms with Crippen molar-refractivity contribution in [1.82, 2.24) is 15.2 Å². The molecule has 0 aromatic carbocycles. The van der Waals surface area contributed by atoms with E-state index in [1.165, 1.54) is 11.3 Å². The molecule has 3 heterocycles. The number of carbonyl (C=O) groups excluding carboxylic acids is 2. The smallest absolute Gasteiger partial charge is 0.263 e. The largest absolute Gasteiger partial charge is 0.397 e. The number of anilines is 1. The van der Waals surface area contributed by atoms with Crippen LogP contribution in [0.1, 0.15) is 48.5 Å². The first-order valence-electron chi connectivity index (χ1n) is 8.59. The fraction of sp³-hybridized carbons (Fsp3) is 0.500. The summed E-state index contributed by atoms with van der Waals surface area (Å²) in [6.07, 6.45) is 2.49. The van der Waals surface area contributed by atoms with Gasteiger partial charge in [-0.2, -0.15) is 0 Å². The Morgan fingerprint density at radius 2 is 2.20 bits per heavy atom. The zero-order chi connectivity index (χ0) is 18.2. The van der Waals surface area contributed by atoms with Crippen molar-refractivity contribution in [2.75, 3.05) is 25.9 Å². The number of aromatic nitrogens is 1. The van der Waals surface area contributed by atoms with Crippen LogP contribution >= 0.6 is 11.3 Å². The van der Waals surface area contributed by atoms with Crippen LogP contribution in [0.3, 0.4) is 0 Å². The van der Waals surface area contributed by atoms with E-state index in [-0.39, 0.29) is 17.2 Å². The van der Waals surface area contributed by atoms with Gasteiger partial charge >= 0.3 is 0 Å². The molecular weight excluding hydrogens is 336 g/mol. The fourth-order valence-electron chi connectivity index (χ4n) is 3.50. The predicted octanol–water partition coefficient (Wildman–Crippen LogP) is 2.53. The third kappa shape index (κ3) is 3.08. The number of thiophene rings is 1. The standard InChI is InChI=1S/C18H24N4O2S/c1-4-13(23)22-9-5-8-18(2,10-22)12-7-6-11-14(19)15(16(24)20-3)25-17(11)21-12/h6-7H,4-5,8-10,19H2,1-3H3,(H,20,24)/t18-/m1/s1. The molecule has 1 aliphatic rings. The van der Waals surface area contributed by atoms with Gasteiger partial charge in [0, 0.05) is 43.1 Å². The van der Waals surface area contributed by atoms with E-state index in [9.17, 15) is 9.59 Å². The number of piperidine rings is 1. The van der Waals surface area contributed by atoms with Gasteiger partial charge in [0.05, 0.1) is 5.69 Å². The third-order valence-corrected chi connectivity index (χ3v) is 6.11. The summed E-state index contributed by atoms with van der Waals surface area (Å²) in [5, 5.41) is 3.43. The van der Waals surface area contributed by atoms with Crippen molar-refractivity contribution >= 4 is 39.1 Å². The van der Waals surface area contributed by atoms with E-state index in [2.05, 4.69) is 12.2 Å². The molecule has 2 aromatic heterocycles. The Kier molecular flexibility index (Phi) is 4.69. The summed E-state index contributed by atoms with van der Waals surface area (Å²) in [5.74, 6) is -0.0000741. The van der Waals surface area contributed by atoms with E-state index in [1.54, 1.807) is 7.05 Å².